The number of ether oxygens (including phenoxy) is 1. The van der Waals surface area contributed by atoms with Gasteiger partial charge in [0.2, 0.25) is 0 Å². The zero-order chi connectivity index (χ0) is 18.2. The number of aromatic nitrogens is 3. The Morgan fingerprint density at radius 1 is 1.23 bits per heavy atom. The summed E-state index contributed by atoms with van der Waals surface area (Å²) in [5.74, 6) is 1.76. The number of para-hydroxylation sites is 1. The summed E-state index contributed by atoms with van der Waals surface area (Å²) in [6.45, 7) is 8.19. The summed E-state index contributed by atoms with van der Waals surface area (Å²) in [4.78, 5) is 7.11. The summed E-state index contributed by atoms with van der Waals surface area (Å²) in [5.41, 5.74) is 1.05. The van der Waals surface area contributed by atoms with Crippen molar-refractivity contribution in [3.05, 3.63) is 42.5 Å². The van der Waals surface area contributed by atoms with Crippen LogP contribution in [-0.2, 0) is 11.3 Å². The molecule has 1 fully saturated rings. The van der Waals surface area contributed by atoms with Crippen LogP contribution < -0.4 is 5.32 Å². The minimum atomic E-state index is 0.375. The van der Waals surface area contributed by atoms with Crippen LogP contribution in [0.15, 0.2) is 41.7 Å². The second-order valence-electron chi connectivity index (χ2n) is 6.26. The van der Waals surface area contributed by atoms with Gasteiger partial charge in [0.05, 0.1) is 6.10 Å². The van der Waals surface area contributed by atoms with Gasteiger partial charge in [-0.25, -0.2) is 4.99 Å². The molecule has 0 unspecified atom stereocenters. The SMILES string of the molecule is CCNC(=NCc1nncn1-c1ccccc1)N1CCC(OCC)CC1. The van der Waals surface area contributed by atoms with E-state index in [4.69, 9.17) is 9.73 Å². The van der Waals surface area contributed by atoms with Gasteiger partial charge in [-0.3, -0.25) is 4.57 Å². The summed E-state index contributed by atoms with van der Waals surface area (Å²) in [6.07, 6.45) is 4.19. The largest absolute Gasteiger partial charge is 0.378 e. The van der Waals surface area contributed by atoms with E-state index in [1.165, 1.54) is 0 Å². The zero-order valence-electron chi connectivity index (χ0n) is 15.6. The van der Waals surface area contributed by atoms with Gasteiger partial charge in [0.25, 0.3) is 0 Å². The molecule has 0 bridgehead atoms. The average molecular weight is 356 g/mol. The fourth-order valence-corrected chi connectivity index (χ4v) is 3.21. The van der Waals surface area contributed by atoms with E-state index < -0.39 is 0 Å². The average Bonchev–Trinajstić information content (AvgIpc) is 3.15. The van der Waals surface area contributed by atoms with Gasteiger partial charge in [-0.2, -0.15) is 0 Å². The first kappa shape index (κ1) is 18.4. The summed E-state index contributed by atoms with van der Waals surface area (Å²) >= 11 is 0. The normalized spacial score (nSPS) is 16.1. The molecule has 1 aromatic carbocycles. The lowest BCUT2D eigenvalue weighted by atomic mass is 10.1. The molecule has 0 saturated carbocycles. The Morgan fingerprint density at radius 2 is 2.00 bits per heavy atom. The molecule has 1 N–H and O–H groups in total. The lowest BCUT2D eigenvalue weighted by molar-refractivity contribution is 0.0263. The Bertz CT molecular complexity index is 691. The van der Waals surface area contributed by atoms with E-state index in [0.717, 1.165) is 56.6 Å². The maximum atomic E-state index is 5.75. The third kappa shape index (κ3) is 4.60. The van der Waals surface area contributed by atoms with Crippen molar-refractivity contribution in [3.63, 3.8) is 0 Å². The van der Waals surface area contributed by atoms with Crippen molar-refractivity contribution < 1.29 is 4.74 Å². The Morgan fingerprint density at radius 3 is 2.69 bits per heavy atom. The number of rotatable bonds is 6. The molecule has 140 valence electrons. The predicted molar refractivity (Wildman–Crippen MR) is 102 cm³/mol. The highest BCUT2D eigenvalue weighted by Gasteiger charge is 2.21. The number of likely N-dealkylation sites (tertiary alicyclic amines) is 1. The Balaban J connectivity index is 1.68. The zero-order valence-corrected chi connectivity index (χ0v) is 15.6. The topological polar surface area (TPSA) is 67.6 Å². The molecule has 0 radical (unpaired) electrons. The van der Waals surface area contributed by atoms with Gasteiger partial charge in [0.1, 0.15) is 12.9 Å². The van der Waals surface area contributed by atoms with E-state index in [0.29, 0.717) is 12.6 Å². The molecule has 7 nitrogen and oxygen atoms in total. The molecule has 1 aliphatic rings. The van der Waals surface area contributed by atoms with E-state index in [9.17, 15) is 0 Å². The molecular weight excluding hydrogens is 328 g/mol. The lowest BCUT2D eigenvalue weighted by Gasteiger charge is -2.34. The molecule has 26 heavy (non-hydrogen) atoms. The van der Waals surface area contributed by atoms with Gasteiger partial charge in [0.15, 0.2) is 11.8 Å². The van der Waals surface area contributed by atoms with Crippen molar-refractivity contribution in [2.75, 3.05) is 26.2 Å². The molecule has 0 atom stereocenters. The Labute approximate surface area is 155 Å². The minimum absolute atomic E-state index is 0.375. The van der Waals surface area contributed by atoms with Crippen LogP contribution in [-0.4, -0.2) is 58.0 Å². The standard InChI is InChI=1S/C19H28N6O/c1-3-20-19(24-12-10-17(11-13-24)26-4-2)21-14-18-23-22-15-25(18)16-8-6-5-7-9-16/h5-9,15,17H,3-4,10-14H2,1-2H3,(H,20,21). The number of benzene rings is 1. The quantitative estimate of drug-likeness (QED) is 0.635. The summed E-state index contributed by atoms with van der Waals surface area (Å²) in [5, 5.41) is 11.7. The Kier molecular flexibility index (Phi) is 6.60. The number of nitrogens with one attached hydrogen (secondary N) is 1. The molecule has 2 heterocycles. The van der Waals surface area contributed by atoms with Crippen LogP contribution in [0, 0.1) is 0 Å². The van der Waals surface area contributed by atoms with Crippen LogP contribution in [0.25, 0.3) is 5.69 Å². The summed E-state index contributed by atoms with van der Waals surface area (Å²) in [7, 11) is 0. The number of hydrogen-bond acceptors (Lipinski definition) is 4. The monoisotopic (exact) mass is 356 g/mol. The van der Waals surface area contributed by atoms with E-state index >= 15 is 0 Å². The van der Waals surface area contributed by atoms with E-state index in [2.05, 4.69) is 34.3 Å². The summed E-state index contributed by atoms with van der Waals surface area (Å²) < 4.78 is 7.73. The number of guanidine groups is 1. The molecule has 0 spiro atoms. The van der Waals surface area contributed by atoms with E-state index in [-0.39, 0.29) is 0 Å². The fourth-order valence-electron chi connectivity index (χ4n) is 3.21. The van der Waals surface area contributed by atoms with Gasteiger partial charge in [-0.05, 0) is 38.8 Å². The first-order valence-corrected chi connectivity index (χ1v) is 9.41. The van der Waals surface area contributed by atoms with Crippen molar-refractivity contribution in [3.8, 4) is 5.69 Å². The van der Waals surface area contributed by atoms with Crippen LogP contribution in [0.4, 0.5) is 0 Å². The molecule has 2 aromatic rings. The highest BCUT2D eigenvalue weighted by molar-refractivity contribution is 5.80. The molecule has 0 amide bonds. The van der Waals surface area contributed by atoms with Gasteiger partial charge >= 0.3 is 0 Å². The maximum Gasteiger partial charge on any atom is 0.194 e. The lowest BCUT2D eigenvalue weighted by Crippen LogP contribution is -2.47. The Hall–Kier alpha value is -2.41. The number of hydrogen-bond donors (Lipinski definition) is 1. The molecular formula is C19H28N6O. The first-order chi connectivity index (χ1) is 12.8. The van der Waals surface area contributed by atoms with Crippen LogP contribution in [0.1, 0.15) is 32.5 Å². The van der Waals surface area contributed by atoms with E-state index in [1.54, 1.807) is 6.33 Å². The van der Waals surface area contributed by atoms with Crippen LogP contribution in [0.3, 0.4) is 0 Å². The van der Waals surface area contributed by atoms with Crippen LogP contribution in [0.2, 0.25) is 0 Å². The van der Waals surface area contributed by atoms with Gasteiger partial charge in [-0.1, -0.05) is 18.2 Å². The highest BCUT2D eigenvalue weighted by atomic mass is 16.5. The number of aliphatic imine (C=N–C) groups is 1. The molecule has 1 aromatic heterocycles. The van der Waals surface area contributed by atoms with Crippen LogP contribution in [0.5, 0.6) is 0 Å². The highest BCUT2D eigenvalue weighted by Crippen LogP contribution is 2.14. The molecule has 0 aliphatic carbocycles. The van der Waals surface area contributed by atoms with Crippen LogP contribution >= 0.6 is 0 Å². The van der Waals surface area contributed by atoms with E-state index in [1.807, 2.05) is 34.9 Å². The maximum absolute atomic E-state index is 5.75. The fraction of sp³-hybridized carbons (Fsp3) is 0.526. The summed E-state index contributed by atoms with van der Waals surface area (Å²) in [6, 6.07) is 10.1. The van der Waals surface area contributed by atoms with Crippen molar-refractivity contribution in [1.82, 2.24) is 25.0 Å². The number of nitrogens with zero attached hydrogens (tertiary/aromatic N) is 5. The van der Waals surface area contributed by atoms with Crippen molar-refractivity contribution in [2.24, 2.45) is 4.99 Å². The van der Waals surface area contributed by atoms with Gasteiger partial charge in [-0.15, -0.1) is 10.2 Å². The van der Waals surface area contributed by atoms with Gasteiger partial charge in [0, 0.05) is 31.9 Å². The van der Waals surface area contributed by atoms with Crippen molar-refractivity contribution in [2.45, 2.75) is 39.3 Å². The number of piperidine rings is 1. The first-order valence-electron chi connectivity index (χ1n) is 9.41. The van der Waals surface area contributed by atoms with Crippen molar-refractivity contribution in [1.29, 1.82) is 0 Å². The third-order valence-corrected chi connectivity index (χ3v) is 4.50. The second-order valence-corrected chi connectivity index (χ2v) is 6.26. The predicted octanol–water partition coefficient (Wildman–Crippen LogP) is 2.23. The van der Waals surface area contributed by atoms with Gasteiger partial charge < -0.3 is 15.0 Å². The molecule has 1 saturated heterocycles. The molecule has 1 aliphatic heterocycles. The van der Waals surface area contributed by atoms with Crippen molar-refractivity contribution >= 4 is 5.96 Å². The minimum Gasteiger partial charge on any atom is -0.378 e. The molecule has 3 rings (SSSR count). The smallest absolute Gasteiger partial charge is 0.194 e. The second kappa shape index (κ2) is 9.33. The molecule has 7 heteroatoms. The third-order valence-electron chi connectivity index (χ3n) is 4.50.